The van der Waals surface area contributed by atoms with E-state index in [-0.39, 0.29) is 11.3 Å². The van der Waals surface area contributed by atoms with Gasteiger partial charge < -0.3 is 10.1 Å². The van der Waals surface area contributed by atoms with E-state index < -0.39 is 0 Å². The highest BCUT2D eigenvalue weighted by molar-refractivity contribution is 5.07. The van der Waals surface area contributed by atoms with E-state index in [1.807, 2.05) is 0 Å². The maximum atomic E-state index is 6.56. The summed E-state index contributed by atoms with van der Waals surface area (Å²) in [6.45, 7) is 6.92. The molecule has 0 aromatic rings. The molecule has 1 atom stereocenters. The van der Waals surface area contributed by atoms with Crippen molar-refractivity contribution in [3.63, 3.8) is 0 Å². The van der Waals surface area contributed by atoms with Crippen molar-refractivity contribution in [3.8, 4) is 0 Å². The van der Waals surface area contributed by atoms with Crippen molar-refractivity contribution in [2.24, 2.45) is 5.92 Å². The van der Waals surface area contributed by atoms with E-state index in [0.29, 0.717) is 0 Å². The number of nitrogens with zero attached hydrogens (tertiary/aromatic N) is 1. The molecule has 5 rings (SSSR count). The first-order valence-corrected chi connectivity index (χ1v) is 6.69. The number of hydrogen-bond donors (Lipinski definition) is 2. The van der Waals surface area contributed by atoms with Gasteiger partial charge in [0.25, 0.3) is 0 Å². The molecule has 5 aliphatic heterocycles. The van der Waals surface area contributed by atoms with Crippen LogP contribution in [0.1, 0.15) is 19.3 Å². The minimum Gasteiger partial charge on any atom is -0.350 e. The van der Waals surface area contributed by atoms with Gasteiger partial charge >= 0.3 is 0 Å². The lowest BCUT2D eigenvalue weighted by Gasteiger charge is -2.60. The molecule has 0 aromatic carbocycles. The number of fused-ring (bicyclic) bond motifs is 2. The minimum atomic E-state index is -0.00312. The molecule has 0 saturated carbocycles. The van der Waals surface area contributed by atoms with Crippen LogP contribution in [-0.4, -0.2) is 55.5 Å². The minimum absolute atomic E-state index is 0.00312. The van der Waals surface area contributed by atoms with Crippen molar-refractivity contribution in [2.45, 2.75) is 30.6 Å². The van der Waals surface area contributed by atoms with Crippen LogP contribution < -0.4 is 10.6 Å². The molecule has 2 N–H and O–H groups in total. The number of hydrogen-bond acceptors (Lipinski definition) is 4. The van der Waals surface area contributed by atoms with Gasteiger partial charge in [-0.1, -0.05) is 0 Å². The molecule has 1 unspecified atom stereocenters. The summed E-state index contributed by atoms with van der Waals surface area (Å²) in [6.07, 6.45) is 3.81. The van der Waals surface area contributed by atoms with Crippen LogP contribution in [-0.2, 0) is 4.74 Å². The van der Waals surface area contributed by atoms with Crippen molar-refractivity contribution in [3.05, 3.63) is 0 Å². The van der Waals surface area contributed by atoms with Gasteiger partial charge in [-0.25, -0.2) is 0 Å². The lowest BCUT2D eigenvalue weighted by Crippen LogP contribution is -2.77. The first-order chi connectivity index (χ1) is 7.80. The fraction of sp³-hybridized carbons (Fsp3) is 1.00. The summed E-state index contributed by atoms with van der Waals surface area (Å²) in [7, 11) is 0. The zero-order valence-electron chi connectivity index (χ0n) is 9.80. The standard InChI is InChI=1S/C12H21N3O/c1-5-15-6-2-10(1)12(9-15)14-4-3-11(16-12)7-13-8-11/h10,13-14H,1-9H2. The third-order valence-corrected chi connectivity index (χ3v) is 5.00. The van der Waals surface area contributed by atoms with Gasteiger partial charge in [0.2, 0.25) is 0 Å². The van der Waals surface area contributed by atoms with Crippen LogP contribution in [0.25, 0.3) is 0 Å². The van der Waals surface area contributed by atoms with Gasteiger partial charge in [0.1, 0.15) is 5.72 Å². The fourth-order valence-electron chi connectivity index (χ4n) is 3.96. The van der Waals surface area contributed by atoms with Gasteiger partial charge in [-0.3, -0.25) is 10.2 Å². The quantitative estimate of drug-likeness (QED) is 0.594. The first-order valence-electron chi connectivity index (χ1n) is 6.69. The van der Waals surface area contributed by atoms with E-state index in [1.54, 1.807) is 0 Å². The summed E-state index contributed by atoms with van der Waals surface area (Å²) in [5.41, 5.74) is 0.167. The molecule has 5 saturated heterocycles. The monoisotopic (exact) mass is 223 g/mol. The van der Waals surface area contributed by atoms with Gasteiger partial charge in [-0.2, -0.15) is 0 Å². The number of nitrogens with one attached hydrogen (secondary N) is 2. The predicted octanol–water partition coefficient (Wildman–Crippen LogP) is -0.240. The summed E-state index contributed by atoms with van der Waals surface area (Å²) < 4.78 is 6.56. The smallest absolute Gasteiger partial charge is 0.135 e. The first kappa shape index (κ1) is 9.83. The molecule has 5 aliphatic rings. The van der Waals surface area contributed by atoms with Gasteiger partial charge in [-0.15, -0.1) is 0 Å². The SMILES string of the molecule is C1CC2(CNC2)OC2(CN3CCC2CC3)N1. The largest absolute Gasteiger partial charge is 0.350 e. The number of rotatable bonds is 0. The summed E-state index contributed by atoms with van der Waals surface area (Å²) in [5, 5.41) is 7.07. The molecule has 0 amide bonds. The fourth-order valence-corrected chi connectivity index (χ4v) is 3.96. The Morgan fingerprint density at radius 2 is 2.00 bits per heavy atom. The summed E-state index contributed by atoms with van der Waals surface area (Å²) in [6, 6.07) is 0. The predicted molar refractivity (Wildman–Crippen MR) is 61.2 cm³/mol. The third-order valence-electron chi connectivity index (χ3n) is 5.00. The second-order valence-electron chi connectivity index (χ2n) is 6.01. The summed E-state index contributed by atoms with van der Waals surface area (Å²) >= 11 is 0. The summed E-state index contributed by atoms with van der Waals surface area (Å²) in [4.78, 5) is 2.57. The Morgan fingerprint density at radius 1 is 1.19 bits per heavy atom. The molecule has 16 heavy (non-hydrogen) atoms. The normalized spacial score (nSPS) is 49.5. The van der Waals surface area contributed by atoms with Gasteiger partial charge in [0.15, 0.2) is 0 Å². The van der Waals surface area contributed by atoms with Crippen molar-refractivity contribution in [2.75, 3.05) is 39.3 Å². The molecule has 5 fully saturated rings. The van der Waals surface area contributed by atoms with Crippen molar-refractivity contribution >= 4 is 0 Å². The Bertz CT molecular complexity index is 297. The summed E-state index contributed by atoms with van der Waals surface area (Å²) in [5.74, 6) is 0.746. The van der Waals surface area contributed by atoms with Crippen LogP contribution in [0.2, 0.25) is 0 Å². The Morgan fingerprint density at radius 3 is 2.56 bits per heavy atom. The second-order valence-corrected chi connectivity index (χ2v) is 6.01. The van der Waals surface area contributed by atoms with Gasteiger partial charge in [0, 0.05) is 32.1 Å². The lowest BCUT2D eigenvalue weighted by molar-refractivity contribution is -0.268. The van der Waals surface area contributed by atoms with Crippen LogP contribution in [0.5, 0.6) is 0 Å². The Balaban J connectivity index is 1.61. The van der Waals surface area contributed by atoms with Crippen LogP contribution in [0.15, 0.2) is 0 Å². The molecule has 90 valence electrons. The highest BCUT2D eigenvalue weighted by atomic mass is 16.5. The molecule has 4 nitrogen and oxygen atoms in total. The highest BCUT2D eigenvalue weighted by Gasteiger charge is 2.55. The maximum absolute atomic E-state index is 6.56. The van der Waals surface area contributed by atoms with E-state index >= 15 is 0 Å². The van der Waals surface area contributed by atoms with E-state index in [9.17, 15) is 0 Å². The Hall–Kier alpha value is -0.160. The topological polar surface area (TPSA) is 36.5 Å². The average Bonchev–Trinajstić information content (AvgIpc) is 2.28. The molecule has 4 heteroatoms. The molecule has 0 aliphatic carbocycles. The highest BCUT2D eigenvalue weighted by Crippen LogP contribution is 2.42. The van der Waals surface area contributed by atoms with E-state index in [4.69, 9.17) is 4.74 Å². The van der Waals surface area contributed by atoms with Crippen LogP contribution in [0.4, 0.5) is 0 Å². The maximum Gasteiger partial charge on any atom is 0.135 e. The zero-order valence-corrected chi connectivity index (χ0v) is 9.80. The molecule has 5 heterocycles. The lowest BCUT2D eigenvalue weighted by atomic mass is 9.77. The zero-order chi connectivity index (χ0) is 10.6. The van der Waals surface area contributed by atoms with Gasteiger partial charge in [-0.05, 0) is 32.4 Å². The molecule has 0 aromatic heterocycles. The molecular formula is C12H21N3O. The van der Waals surface area contributed by atoms with Crippen LogP contribution >= 0.6 is 0 Å². The molecule has 2 spiro atoms. The van der Waals surface area contributed by atoms with Crippen molar-refractivity contribution < 1.29 is 4.74 Å². The number of ether oxygens (including phenoxy) is 1. The number of piperidine rings is 3. The molecular weight excluding hydrogens is 202 g/mol. The van der Waals surface area contributed by atoms with Crippen molar-refractivity contribution in [1.29, 1.82) is 0 Å². The van der Waals surface area contributed by atoms with E-state index in [0.717, 1.165) is 32.1 Å². The van der Waals surface area contributed by atoms with E-state index in [1.165, 1.54) is 32.4 Å². The van der Waals surface area contributed by atoms with E-state index in [2.05, 4.69) is 15.5 Å². The Labute approximate surface area is 96.7 Å². The van der Waals surface area contributed by atoms with Crippen LogP contribution in [0, 0.1) is 5.92 Å². The molecule has 2 bridgehead atoms. The molecule has 0 radical (unpaired) electrons. The van der Waals surface area contributed by atoms with Gasteiger partial charge in [0.05, 0.1) is 5.60 Å². The third kappa shape index (κ3) is 1.24. The average molecular weight is 223 g/mol. The van der Waals surface area contributed by atoms with Crippen LogP contribution in [0.3, 0.4) is 0 Å². The second kappa shape index (κ2) is 3.19. The Kier molecular flexibility index (Phi) is 1.96. The van der Waals surface area contributed by atoms with Crippen molar-refractivity contribution in [1.82, 2.24) is 15.5 Å².